The van der Waals surface area contributed by atoms with Crippen molar-refractivity contribution < 1.29 is 0 Å². The van der Waals surface area contributed by atoms with E-state index in [9.17, 15) is 19.2 Å². The molecule has 0 aliphatic carbocycles. The Bertz CT molecular complexity index is 781. The molecule has 2 N–H and O–H groups in total. The fourth-order valence-electron chi connectivity index (χ4n) is 1.69. The third-order valence-corrected chi connectivity index (χ3v) is 2.74. The van der Waals surface area contributed by atoms with Crippen molar-refractivity contribution in [2.45, 2.75) is 6.42 Å². The van der Waals surface area contributed by atoms with Gasteiger partial charge in [-0.1, -0.05) is 0 Å². The molecule has 0 aliphatic heterocycles. The summed E-state index contributed by atoms with van der Waals surface area (Å²) in [6.45, 7) is 0. The van der Waals surface area contributed by atoms with E-state index in [2.05, 4.69) is 9.97 Å². The first kappa shape index (κ1) is 12.8. The maximum absolute atomic E-state index is 11.6. The molecule has 0 aliphatic rings. The van der Waals surface area contributed by atoms with E-state index in [0.29, 0.717) is 0 Å². The Balaban J connectivity index is 2.54. The quantitative estimate of drug-likeness (QED) is 0.657. The Labute approximate surface area is 106 Å². The first-order chi connectivity index (χ1) is 8.88. The number of H-pyrrole nitrogens is 2. The Morgan fingerprint density at radius 1 is 0.842 bits per heavy atom. The van der Waals surface area contributed by atoms with E-state index >= 15 is 0 Å². The highest BCUT2D eigenvalue weighted by molar-refractivity contribution is 5.17. The van der Waals surface area contributed by atoms with Gasteiger partial charge in [0.25, 0.3) is 11.1 Å². The summed E-state index contributed by atoms with van der Waals surface area (Å²) in [6.07, 6.45) is 2.77. The molecule has 19 heavy (non-hydrogen) atoms. The number of aryl methyl sites for hydroxylation is 2. The fourth-order valence-corrected chi connectivity index (χ4v) is 1.69. The molecule has 0 unspecified atom stereocenters. The molecule has 0 fully saturated rings. The van der Waals surface area contributed by atoms with Crippen LogP contribution in [0.3, 0.4) is 0 Å². The van der Waals surface area contributed by atoms with Crippen molar-refractivity contribution in [3.8, 4) is 0 Å². The zero-order valence-corrected chi connectivity index (χ0v) is 10.4. The summed E-state index contributed by atoms with van der Waals surface area (Å²) >= 11 is 0. The Kier molecular flexibility index (Phi) is 3.07. The van der Waals surface area contributed by atoms with Gasteiger partial charge >= 0.3 is 11.4 Å². The van der Waals surface area contributed by atoms with Crippen LogP contribution in [0.2, 0.25) is 0 Å². The minimum atomic E-state index is -0.545. The summed E-state index contributed by atoms with van der Waals surface area (Å²) in [5.41, 5.74) is -1.60. The maximum Gasteiger partial charge on any atom is 0.328 e. The van der Waals surface area contributed by atoms with E-state index in [1.165, 1.54) is 35.6 Å². The van der Waals surface area contributed by atoms with E-state index in [1.807, 2.05) is 0 Å². The van der Waals surface area contributed by atoms with Crippen LogP contribution in [-0.4, -0.2) is 19.1 Å². The van der Waals surface area contributed by atoms with Gasteiger partial charge in [0, 0.05) is 44.0 Å². The lowest BCUT2D eigenvalue weighted by Gasteiger charge is -2.04. The summed E-state index contributed by atoms with van der Waals surface area (Å²) in [7, 11) is 2.99. The van der Waals surface area contributed by atoms with Crippen LogP contribution < -0.4 is 22.5 Å². The SMILES string of the molecule is Cn1cc(Cc2cn(C)c(=O)[nH]c2=O)c(=O)[nH]c1=O. The predicted molar refractivity (Wildman–Crippen MR) is 67.4 cm³/mol. The van der Waals surface area contributed by atoms with Crippen LogP contribution >= 0.6 is 0 Å². The van der Waals surface area contributed by atoms with Gasteiger partial charge in [-0.05, 0) is 0 Å². The minimum absolute atomic E-state index is 0.0346. The second kappa shape index (κ2) is 4.56. The van der Waals surface area contributed by atoms with Crippen LogP contribution in [0.5, 0.6) is 0 Å². The van der Waals surface area contributed by atoms with Crippen LogP contribution in [0.1, 0.15) is 11.1 Å². The number of aromatic amines is 2. The van der Waals surface area contributed by atoms with Crippen LogP contribution in [-0.2, 0) is 20.5 Å². The number of hydrogen-bond donors (Lipinski definition) is 2. The number of aromatic nitrogens is 4. The first-order valence-corrected chi connectivity index (χ1v) is 5.46. The van der Waals surface area contributed by atoms with Gasteiger partial charge in [0.2, 0.25) is 0 Å². The smallest absolute Gasteiger partial charge is 0.303 e. The number of rotatable bonds is 2. The van der Waals surface area contributed by atoms with Gasteiger partial charge in [-0.3, -0.25) is 19.6 Å². The lowest BCUT2D eigenvalue weighted by molar-refractivity contribution is 0.763. The molecule has 0 atom stereocenters. The van der Waals surface area contributed by atoms with Gasteiger partial charge < -0.3 is 9.13 Å². The number of hydrogen-bond acceptors (Lipinski definition) is 4. The third-order valence-electron chi connectivity index (χ3n) is 2.74. The molecule has 0 radical (unpaired) electrons. The van der Waals surface area contributed by atoms with Crippen LogP contribution in [0.4, 0.5) is 0 Å². The lowest BCUT2D eigenvalue weighted by atomic mass is 10.1. The van der Waals surface area contributed by atoms with Crippen molar-refractivity contribution in [2.75, 3.05) is 0 Å². The molecule has 2 rings (SSSR count). The topological polar surface area (TPSA) is 110 Å². The highest BCUT2D eigenvalue weighted by Gasteiger charge is 2.08. The molecule has 0 saturated heterocycles. The Morgan fingerprint density at radius 3 is 1.58 bits per heavy atom. The normalized spacial score (nSPS) is 10.6. The maximum atomic E-state index is 11.6. The Hall–Kier alpha value is -2.64. The van der Waals surface area contributed by atoms with E-state index in [1.54, 1.807) is 0 Å². The summed E-state index contributed by atoms with van der Waals surface area (Å²) in [4.78, 5) is 49.9. The molecule has 0 aromatic carbocycles. The average Bonchev–Trinajstić information content (AvgIpc) is 2.32. The molecule has 0 spiro atoms. The molecular weight excluding hydrogens is 252 g/mol. The van der Waals surface area contributed by atoms with Crippen molar-refractivity contribution in [3.05, 3.63) is 65.2 Å². The Morgan fingerprint density at radius 2 is 1.21 bits per heavy atom. The summed E-state index contributed by atoms with van der Waals surface area (Å²) in [5.74, 6) is 0. The van der Waals surface area contributed by atoms with Crippen molar-refractivity contribution in [1.29, 1.82) is 0 Å². The summed E-state index contributed by atoms with van der Waals surface area (Å²) < 4.78 is 2.43. The molecular formula is C11H12N4O4. The van der Waals surface area contributed by atoms with Crippen molar-refractivity contribution >= 4 is 0 Å². The molecule has 0 bridgehead atoms. The predicted octanol–water partition coefficient (Wildman–Crippen LogP) is -1.95. The molecule has 2 aromatic rings. The molecule has 0 amide bonds. The van der Waals surface area contributed by atoms with Gasteiger partial charge in [-0.2, -0.15) is 0 Å². The standard InChI is InChI=1S/C11H12N4O4/c1-14-4-6(8(16)12-10(14)18)3-7-5-15(2)11(19)13-9(7)17/h4-5H,3H2,1-2H3,(H,12,16,18)(H,13,17,19). The first-order valence-electron chi connectivity index (χ1n) is 5.46. The fraction of sp³-hybridized carbons (Fsp3) is 0.273. The van der Waals surface area contributed by atoms with Crippen LogP contribution in [0.25, 0.3) is 0 Å². The second-order valence-corrected chi connectivity index (χ2v) is 4.23. The van der Waals surface area contributed by atoms with Gasteiger partial charge in [-0.15, -0.1) is 0 Å². The molecule has 8 heteroatoms. The second-order valence-electron chi connectivity index (χ2n) is 4.23. The highest BCUT2D eigenvalue weighted by Crippen LogP contribution is 1.97. The molecule has 8 nitrogen and oxygen atoms in total. The van der Waals surface area contributed by atoms with E-state index in [4.69, 9.17) is 0 Å². The number of nitrogens with zero attached hydrogens (tertiary/aromatic N) is 2. The van der Waals surface area contributed by atoms with Gasteiger partial charge in [-0.25, -0.2) is 9.59 Å². The highest BCUT2D eigenvalue weighted by atomic mass is 16.2. The van der Waals surface area contributed by atoms with Gasteiger partial charge in [0.05, 0.1) is 0 Å². The van der Waals surface area contributed by atoms with Crippen LogP contribution in [0, 0.1) is 0 Å². The molecule has 100 valence electrons. The van der Waals surface area contributed by atoms with Crippen LogP contribution in [0.15, 0.2) is 31.6 Å². The average molecular weight is 264 g/mol. The summed E-state index contributed by atoms with van der Waals surface area (Å²) in [6, 6.07) is 0. The van der Waals surface area contributed by atoms with Gasteiger partial charge in [0.15, 0.2) is 0 Å². The molecule has 2 heterocycles. The summed E-state index contributed by atoms with van der Waals surface area (Å²) in [5, 5.41) is 0. The van der Waals surface area contributed by atoms with E-state index in [0.717, 1.165) is 0 Å². The zero-order chi connectivity index (χ0) is 14.2. The largest absolute Gasteiger partial charge is 0.328 e. The van der Waals surface area contributed by atoms with Crippen molar-refractivity contribution in [1.82, 2.24) is 19.1 Å². The van der Waals surface area contributed by atoms with E-state index < -0.39 is 22.5 Å². The van der Waals surface area contributed by atoms with E-state index in [-0.39, 0.29) is 17.5 Å². The minimum Gasteiger partial charge on any atom is -0.303 e. The van der Waals surface area contributed by atoms with Crippen molar-refractivity contribution in [3.63, 3.8) is 0 Å². The molecule has 2 aromatic heterocycles. The van der Waals surface area contributed by atoms with Crippen molar-refractivity contribution in [2.24, 2.45) is 14.1 Å². The zero-order valence-electron chi connectivity index (χ0n) is 10.4. The third kappa shape index (κ3) is 2.46. The number of nitrogens with one attached hydrogen (secondary N) is 2. The monoisotopic (exact) mass is 264 g/mol. The molecule has 0 saturated carbocycles. The lowest BCUT2D eigenvalue weighted by Crippen LogP contribution is -2.33. The van der Waals surface area contributed by atoms with Gasteiger partial charge in [0.1, 0.15) is 0 Å².